The lowest BCUT2D eigenvalue weighted by atomic mass is 10.1. The summed E-state index contributed by atoms with van der Waals surface area (Å²) in [6, 6.07) is 4.23. The molecule has 2 heterocycles. The second-order valence-electron chi connectivity index (χ2n) is 4.99. The molecule has 0 atom stereocenters. The number of nitrogens with zero attached hydrogens (tertiary/aromatic N) is 2. The molecule has 0 fully saturated rings. The zero-order valence-electron chi connectivity index (χ0n) is 12.2. The van der Waals surface area contributed by atoms with Crippen LogP contribution in [0.25, 0.3) is 10.2 Å². The molecule has 1 aromatic heterocycles. The molecule has 6 heteroatoms. The van der Waals surface area contributed by atoms with E-state index < -0.39 is 5.91 Å². The van der Waals surface area contributed by atoms with Crippen LogP contribution in [0.1, 0.15) is 11.1 Å². The van der Waals surface area contributed by atoms with E-state index in [0.29, 0.717) is 18.0 Å². The minimum absolute atomic E-state index is 0.159. The van der Waals surface area contributed by atoms with Crippen LogP contribution in [-0.4, -0.2) is 23.7 Å². The van der Waals surface area contributed by atoms with Crippen molar-refractivity contribution in [2.45, 2.75) is 13.8 Å². The maximum Gasteiger partial charge on any atom is 0.317 e. The molecule has 0 radical (unpaired) electrons. The van der Waals surface area contributed by atoms with E-state index in [-0.39, 0.29) is 5.76 Å². The van der Waals surface area contributed by atoms with Gasteiger partial charge in [-0.3, -0.25) is 4.79 Å². The third-order valence-corrected chi connectivity index (χ3v) is 4.58. The van der Waals surface area contributed by atoms with Crippen LogP contribution < -0.4 is 4.80 Å². The van der Waals surface area contributed by atoms with Crippen molar-refractivity contribution < 1.29 is 14.3 Å². The first-order valence-corrected chi connectivity index (χ1v) is 7.48. The molecule has 0 bridgehead atoms. The molecule has 2 aromatic rings. The fourth-order valence-electron chi connectivity index (χ4n) is 2.30. The number of aryl methyl sites for hydroxylation is 3. The van der Waals surface area contributed by atoms with Crippen LogP contribution in [0.15, 0.2) is 29.1 Å². The lowest BCUT2D eigenvalue weighted by Gasteiger charge is -2.12. The maximum absolute atomic E-state index is 12.1. The molecular weight excluding hydrogens is 288 g/mol. The molecule has 3 rings (SSSR count). The van der Waals surface area contributed by atoms with Gasteiger partial charge < -0.3 is 14.0 Å². The number of carbonyl (C=O) groups is 1. The molecule has 5 nitrogen and oxygen atoms in total. The Balaban J connectivity index is 2.10. The summed E-state index contributed by atoms with van der Waals surface area (Å²) < 4.78 is 13.4. The van der Waals surface area contributed by atoms with Crippen LogP contribution in [0, 0.1) is 13.8 Å². The normalized spacial score (nSPS) is 15.6. The summed E-state index contributed by atoms with van der Waals surface area (Å²) in [7, 11) is 1.91. The number of hydrogen-bond acceptors (Lipinski definition) is 4. The highest BCUT2D eigenvalue weighted by Crippen LogP contribution is 2.22. The monoisotopic (exact) mass is 304 g/mol. The van der Waals surface area contributed by atoms with E-state index >= 15 is 0 Å². The van der Waals surface area contributed by atoms with Gasteiger partial charge in [-0.05, 0) is 31.0 Å². The number of hydrogen-bond donors (Lipinski definition) is 0. The molecule has 0 N–H and O–H groups in total. The molecule has 0 spiro atoms. The van der Waals surface area contributed by atoms with Gasteiger partial charge >= 0.3 is 5.91 Å². The fraction of sp³-hybridized carbons (Fsp3) is 0.333. The molecule has 0 saturated heterocycles. The Kier molecular flexibility index (Phi) is 3.55. The predicted molar refractivity (Wildman–Crippen MR) is 80.8 cm³/mol. The molecule has 0 saturated carbocycles. The van der Waals surface area contributed by atoms with Crippen molar-refractivity contribution in [1.29, 1.82) is 0 Å². The van der Waals surface area contributed by atoms with E-state index in [1.165, 1.54) is 28.7 Å². The average molecular weight is 304 g/mol. The number of aromatic nitrogens is 1. The fourth-order valence-corrected chi connectivity index (χ4v) is 3.36. The van der Waals surface area contributed by atoms with Crippen molar-refractivity contribution in [3.8, 4) is 0 Å². The van der Waals surface area contributed by atoms with Crippen LogP contribution in [0.3, 0.4) is 0 Å². The van der Waals surface area contributed by atoms with Crippen molar-refractivity contribution in [2.24, 2.45) is 12.0 Å². The summed E-state index contributed by atoms with van der Waals surface area (Å²) >= 11 is 1.50. The summed E-state index contributed by atoms with van der Waals surface area (Å²) in [6.45, 7) is 4.97. The Morgan fingerprint density at radius 3 is 2.86 bits per heavy atom. The second-order valence-corrected chi connectivity index (χ2v) is 5.97. The summed E-state index contributed by atoms with van der Waals surface area (Å²) in [4.78, 5) is 16.9. The minimum atomic E-state index is -0.411. The zero-order valence-corrected chi connectivity index (χ0v) is 13.0. The first kappa shape index (κ1) is 13.9. The van der Waals surface area contributed by atoms with Gasteiger partial charge in [-0.2, -0.15) is 4.99 Å². The van der Waals surface area contributed by atoms with E-state index in [0.717, 1.165) is 10.2 Å². The molecule has 1 amide bonds. The van der Waals surface area contributed by atoms with Gasteiger partial charge in [0, 0.05) is 7.05 Å². The van der Waals surface area contributed by atoms with Crippen molar-refractivity contribution in [1.82, 2.24) is 4.57 Å². The molecule has 1 aliphatic rings. The van der Waals surface area contributed by atoms with Gasteiger partial charge in [0.2, 0.25) is 5.76 Å². The summed E-state index contributed by atoms with van der Waals surface area (Å²) in [5.41, 5.74) is 3.47. The summed E-state index contributed by atoms with van der Waals surface area (Å²) in [6.07, 6.45) is 1.33. The van der Waals surface area contributed by atoms with Crippen molar-refractivity contribution in [2.75, 3.05) is 13.2 Å². The summed E-state index contributed by atoms with van der Waals surface area (Å²) in [5, 5.41) is 0. The highest BCUT2D eigenvalue weighted by Gasteiger charge is 2.15. The van der Waals surface area contributed by atoms with Crippen molar-refractivity contribution in [3.05, 3.63) is 40.1 Å². The number of amides is 1. The lowest BCUT2D eigenvalue weighted by Crippen LogP contribution is -2.18. The van der Waals surface area contributed by atoms with E-state index in [2.05, 4.69) is 31.0 Å². The highest BCUT2D eigenvalue weighted by molar-refractivity contribution is 7.16. The summed E-state index contributed by atoms with van der Waals surface area (Å²) in [5.74, 6) is -0.252. The predicted octanol–water partition coefficient (Wildman–Crippen LogP) is 2.17. The van der Waals surface area contributed by atoms with E-state index in [9.17, 15) is 4.79 Å². The molecule has 110 valence electrons. The van der Waals surface area contributed by atoms with Gasteiger partial charge in [0.15, 0.2) is 4.80 Å². The first-order chi connectivity index (χ1) is 10.1. The molecule has 21 heavy (non-hydrogen) atoms. The zero-order chi connectivity index (χ0) is 15.0. The molecule has 1 aromatic carbocycles. The molecular formula is C15H16N2O3S. The third kappa shape index (κ3) is 2.58. The number of rotatable bonds is 1. The first-order valence-electron chi connectivity index (χ1n) is 6.66. The van der Waals surface area contributed by atoms with Gasteiger partial charge in [-0.25, -0.2) is 0 Å². The Hall–Kier alpha value is -2.08. The smallest absolute Gasteiger partial charge is 0.317 e. The molecule has 0 unspecified atom stereocenters. The number of thiazole rings is 1. The Bertz CT molecular complexity index is 814. The maximum atomic E-state index is 12.1. The van der Waals surface area contributed by atoms with Crippen LogP contribution in [0.2, 0.25) is 0 Å². The highest BCUT2D eigenvalue weighted by atomic mass is 32.1. The van der Waals surface area contributed by atoms with Crippen LogP contribution >= 0.6 is 11.3 Å². The minimum Gasteiger partial charge on any atom is -0.494 e. The quantitative estimate of drug-likeness (QED) is 0.811. The topological polar surface area (TPSA) is 52.8 Å². The number of carbonyl (C=O) groups excluding carboxylic acids is 1. The Labute approximate surface area is 126 Å². The van der Waals surface area contributed by atoms with Crippen LogP contribution in [-0.2, 0) is 21.3 Å². The van der Waals surface area contributed by atoms with Gasteiger partial charge in [0.05, 0.1) is 10.2 Å². The molecule has 1 aliphatic heterocycles. The third-order valence-electron chi connectivity index (χ3n) is 3.30. The van der Waals surface area contributed by atoms with Gasteiger partial charge in [-0.1, -0.05) is 17.4 Å². The molecule has 0 aliphatic carbocycles. The number of benzene rings is 1. The van der Waals surface area contributed by atoms with E-state index in [1.807, 2.05) is 11.6 Å². The largest absolute Gasteiger partial charge is 0.494 e. The number of fused-ring (bicyclic) bond motifs is 1. The van der Waals surface area contributed by atoms with Crippen LogP contribution in [0.4, 0.5) is 0 Å². The van der Waals surface area contributed by atoms with E-state index in [4.69, 9.17) is 9.47 Å². The van der Waals surface area contributed by atoms with Gasteiger partial charge in [-0.15, -0.1) is 0 Å². The standard InChI is InChI=1S/C15H16N2O3S/c1-9-6-10(2)13-11(7-9)17(3)15(21-13)16-14(18)12-8-19-4-5-20-12/h6-8H,4-5H2,1-3H3. The van der Waals surface area contributed by atoms with Crippen molar-refractivity contribution >= 4 is 27.5 Å². The lowest BCUT2D eigenvalue weighted by molar-refractivity contribution is -0.119. The SMILES string of the molecule is Cc1cc(C)c2sc(=NC(=O)C3=COCCO3)n(C)c2c1. The van der Waals surface area contributed by atoms with E-state index in [1.54, 1.807) is 0 Å². The Morgan fingerprint density at radius 2 is 2.14 bits per heavy atom. The second kappa shape index (κ2) is 5.37. The van der Waals surface area contributed by atoms with Gasteiger partial charge in [0.1, 0.15) is 19.5 Å². The average Bonchev–Trinajstić information content (AvgIpc) is 2.78. The van der Waals surface area contributed by atoms with Gasteiger partial charge in [0.25, 0.3) is 0 Å². The number of ether oxygens (including phenoxy) is 2. The van der Waals surface area contributed by atoms with Crippen molar-refractivity contribution in [3.63, 3.8) is 0 Å². The Morgan fingerprint density at radius 1 is 1.33 bits per heavy atom. The van der Waals surface area contributed by atoms with Crippen LogP contribution in [0.5, 0.6) is 0 Å².